The monoisotopic (exact) mass is 372 g/mol. The maximum absolute atomic E-state index is 12.9. The number of hydrogen-bond donors (Lipinski definition) is 2. The molecule has 0 fully saturated rings. The second-order valence-electron chi connectivity index (χ2n) is 5.55. The first kappa shape index (κ1) is 18.5. The second kappa shape index (κ2) is 7.40. The van der Waals surface area contributed by atoms with Crippen LogP contribution in [-0.2, 0) is 6.18 Å². The maximum Gasteiger partial charge on any atom is 0.417 e. The molecule has 2 N–H and O–H groups in total. The minimum Gasteiger partial charge on any atom is -0.332 e. The fourth-order valence-corrected chi connectivity index (χ4v) is 2.55. The molecule has 0 spiro atoms. The predicted octanol–water partition coefficient (Wildman–Crippen LogP) is 6.29. The summed E-state index contributed by atoms with van der Waals surface area (Å²) < 4.78 is 38.6. The van der Waals surface area contributed by atoms with Gasteiger partial charge in [0.2, 0.25) is 0 Å². The van der Waals surface area contributed by atoms with E-state index in [1.165, 1.54) is 12.1 Å². The van der Waals surface area contributed by atoms with E-state index < -0.39 is 11.7 Å². The van der Waals surface area contributed by atoms with Crippen LogP contribution in [0.5, 0.6) is 0 Å². The molecule has 0 aliphatic rings. The largest absolute Gasteiger partial charge is 0.417 e. The molecule has 0 saturated carbocycles. The third-order valence-corrected chi connectivity index (χ3v) is 3.87. The van der Waals surface area contributed by atoms with E-state index in [0.717, 1.165) is 17.3 Å². The molecule has 0 heterocycles. The van der Waals surface area contributed by atoms with Crippen LogP contribution in [0, 0.1) is 0 Å². The van der Waals surface area contributed by atoms with E-state index in [1.807, 2.05) is 24.3 Å². The summed E-state index contributed by atoms with van der Waals surface area (Å²) in [6, 6.07) is 11.2. The minimum atomic E-state index is -4.52. The summed E-state index contributed by atoms with van der Waals surface area (Å²) in [6.07, 6.45) is -4.52. The Hall–Kier alpha value is -1.79. The third kappa shape index (κ3) is 4.85. The summed E-state index contributed by atoms with van der Waals surface area (Å²) in [5.41, 5.74) is 1.21. The lowest BCUT2D eigenvalue weighted by Crippen LogP contribution is -2.19. The van der Waals surface area contributed by atoms with Gasteiger partial charge in [-0.2, -0.15) is 13.2 Å². The summed E-state index contributed by atoms with van der Waals surface area (Å²) in [7, 11) is 0. The molecular formula is C17H16ClF3N2S. The van der Waals surface area contributed by atoms with Crippen LogP contribution in [-0.4, -0.2) is 5.11 Å². The molecule has 2 rings (SSSR count). The van der Waals surface area contributed by atoms with Crippen LogP contribution in [0.1, 0.15) is 30.9 Å². The quantitative estimate of drug-likeness (QED) is 0.619. The van der Waals surface area contributed by atoms with E-state index in [9.17, 15) is 13.2 Å². The number of anilines is 2. The molecule has 2 nitrogen and oxygen atoms in total. The molecule has 128 valence electrons. The Morgan fingerprint density at radius 2 is 1.67 bits per heavy atom. The number of hydrogen-bond acceptors (Lipinski definition) is 1. The smallest absolute Gasteiger partial charge is 0.332 e. The first-order valence-electron chi connectivity index (χ1n) is 7.21. The van der Waals surface area contributed by atoms with E-state index in [4.69, 9.17) is 23.8 Å². The van der Waals surface area contributed by atoms with Gasteiger partial charge in [-0.25, -0.2) is 0 Å². The fourth-order valence-electron chi connectivity index (χ4n) is 2.09. The SMILES string of the molecule is CC(C)c1cccc(NC(=S)Nc2ccc(Cl)c(C(F)(F)F)c2)c1. The zero-order valence-corrected chi connectivity index (χ0v) is 14.6. The zero-order chi connectivity index (χ0) is 17.9. The van der Waals surface area contributed by atoms with Crippen molar-refractivity contribution in [3.63, 3.8) is 0 Å². The van der Waals surface area contributed by atoms with Gasteiger partial charge in [0, 0.05) is 11.4 Å². The molecule has 2 aromatic carbocycles. The normalized spacial score (nSPS) is 11.5. The van der Waals surface area contributed by atoms with Gasteiger partial charge in [-0.1, -0.05) is 37.6 Å². The van der Waals surface area contributed by atoms with Crippen LogP contribution in [0.3, 0.4) is 0 Å². The highest BCUT2D eigenvalue weighted by Gasteiger charge is 2.33. The number of rotatable bonds is 3. The number of thiocarbonyl (C=S) groups is 1. The van der Waals surface area contributed by atoms with Gasteiger partial charge in [-0.3, -0.25) is 0 Å². The molecular weight excluding hydrogens is 357 g/mol. The van der Waals surface area contributed by atoms with Gasteiger partial charge in [0.1, 0.15) is 0 Å². The Morgan fingerprint density at radius 3 is 2.25 bits per heavy atom. The lowest BCUT2D eigenvalue weighted by molar-refractivity contribution is -0.137. The van der Waals surface area contributed by atoms with Gasteiger partial charge < -0.3 is 10.6 Å². The second-order valence-corrected chi connectivity index (χ2v) is 6.37. The van der Waals surface area contributed by atoms with Crippen molar-refractivity contribution >= 4 is 40.3 Å². The lowest BCUT2D eigenvalue weighted by Gasteiger charge is -2.15. The first-order valence-corrected chi connectivity index (χ1v) is 8.00. The van der Waals surface area contributed by atoms with Gasteiger partial charge >= 0.3 is 6.18 Å². The first-order chi connectivity index (χ1) is 11.2. The van der Waals surface area contributed by atoms with Crippen LogP contribution < -0.4 is 10.6 Å². The topological polar surface area (TPSA) is 24.1 Å². The van der Waals surface area contributed by atoms with Crippen LogP contribution in [0.15, 0.2) is 42.5 Å². The van der Waals surface area contributed by atoms with Crippen LogP contribution in [0.25, 0.3) is 0 Å². The molecule has 0 saturated heterocycles. The fraction of sp³-hybridized carbons (Fsp3) is 0.235. The van der Waals surface area contributed by atoms with Gasteiger partial charge in [0.05, 0.1) is 10.6 Å². The molecule has 24 heavy (non-hydrogen) atoms. The molecule has 7 heteroatoms. The van der Waals surface area contributed by atoms with E-state index in [-0.39, 0.29) is 15.8 Å². The van der Waals surface area contributed by atoms with Crippen LogP contribution in [0.2, 0.25) is 5.02 Å². The predicted molar refractivity (Wildman–Crippen MR) is 96.8 cm³/mol. The van der Waals surface area contributed by atoms with Gasteiger partial charge in [0.25, 0.3) is 0 Å². The molecule has 0 atom stereocenters. The van der Waals surface area contributed by atoms with Crippen LogP contribution in [0.4, 0.5) is 24.5 Å². The molecule has 0 aliphatic heterocycles. The van der Waals surface area contributed by atoms with E-state index >= 15 is 0 Å². The van der Waals surface area contributed by atoms with Gasteiger partial charge in [-0.15, -0.1) is 0 Å². The Balaban J connectivity index is 2.12. The molecule has 0 radical (unpaired) electrons. The van der Waals surface area contributed by atoms with Crippen molar-refractivity contribution in [2.45, 2.75) is 25.9 Å². The third-order valence-electron chi connectivity index (χ3n) is 3.34. The Labute approximate surface area is 149 Å². The van der Waals surface area contributed by atoms with Crippen molar-refractivity contribution in [3.05, 3.63) is 58.6 Å². The molecule has 0 unspecified atom stereocenters. The number of benzene rings is 2. The molecule has 0 bridgehead atoms. The Bertz CT molecular complexity index is 745. The average molecular weight is 373 g/mol. The van der Waals surface area contributed by atoms with E-state index in [2.05, 4.69) is 24.5 Å². The average Bonchev–Trinajstić information content (AvgIpc) is 2.48. The van der Waals surface area contributed by atoms with Crippen molar-refractivity contribution < 1.29 is 13.2 Å². The number of alkyl halides is 3. The van der Waals surface area contributed by atoms with E-state index in [0.29, 0.717) is 5.92 Å². The van der Waals surface area contributed by atoms with Crippen molar-refractivity contribution in [3.8, 4) is 0 Å². The highest BCUT2D eigenvalue weighted by atomic mass is 35.5. The molecule has 0 aromatic heterocycles. The maximum atomic E-state index is 12.9. The summed E-state index contributed by atoms with van der Waals surface area (Å²) in [6.45, 7) is 4.14. The van der Waals surface area contributed by atoms with Crippen molar-refractivity contribution in [2.75, 3.05) is 10.6 Å². The van der Waals surface area contributed by atoms with Gasteiger partial charge in [0.15, 0.2) is 5.11 Å². The summed E-state index contributed by atoms with van der Waals surface area (Å²) >= 11 is 10.8. The molecule has 0 aliphatic carbocycles. The van der Waals surface area contributed by atoms with E-state index in [1.54, 1.807) is 0 Å². The summed E-state index contributed by atoms with van der Waals surface area (Å²) in [5.74, 6) is 0.360. The summed E-state index contributed by atoms with van der Waals surface area (Å²) in [4.78, 5) is 0. The van der Waals surface area contributed by atoms with Crippen molar-refractivity contribution in [1.82, 2.24) is 0 Å². The Morgan fingerprint density at radius 1 is 1.04 bits per heavy atom. The highest BCUT2D eigenvalue weighted by Crippen LogP contribution is 2.36. The van der Waals surface area contributed by atoms with Crippen molar-refractivity contribution in [1.29, 1.82) is 0 Å². The number of nitrogens with one attached hydrogen (secondary N) is 2. The molecule has 2 aromatic rings. The summed E-state index contributed by atoms with van der Waals surface area (Å²) in [5, 5.41) is 5.55. The molecule has 0 amide bonds. The van der Waals surface area contributed by atoms with Gasteiger partial charge in [-0.05, 0) is 54.0 Å². The zero-order valence-electron chi connectivity index (χ0n) is 13.0. The minimum absolute atomic E-state index is 0.200. The van der Waals surface area contributed by atoms with Crippen molar-refractivity contribution in [2.24, 2.45) is 0 Å². The Kier molecular flexibility index (Phi) is 5.72. The standard InChI is InChI=1S/C17H16ClF3N2S/c1-10(2)11-4-3-5-12(8-11)22-16(24)23-13-6-7-15(18)14(9-13)17(19,20)21/h3-10H,1-2H3,(H2,22,23,24). The lowest BCUT2D eigenvalue weighted by atomic mass is 10.0. The van der Waals surface area contributed by atoms with Crippen LogP contribution >= 0.6 is 23.8 Å². The number of halogens is 4. The highest BCUT2D eigenvalue weighted by molar-refractivity contribution is 7.80.